The first-order chi connectivity index (χ1) is 22.1. The molecule has 0 radical (unpaired) electrons. The number of anilines is 3. The van der Waals surface area contributed by atoms with Gasteiger partial charge in [-0.05, 0) is 86.6 Å². The predicted molar refractivity (Wildman–Crippen MR) is 189 cm³/mol. The fraction of sp³-hybridized carbons (Fsp3) is 0.0698. The highest BCUT2D eigenvalue weighted by atomic mass is 16.3. The summed E-state index contributed by atoms with van der Waals surface area (Å²) in [7, 11) is 0. The molecule has 0 fully saturated rings. The van der Waals surface area contributed by atoms with Crippen LogP contribution in [0.1, 0.15) is 25.0 Å². The van der Waals surface area contributed by atoms with Crippen LogP contribution < -0.4 is 4.90 Å². The number of furan rings is 1. The van der Waals surface area contributed by atoms with E-state index >= 15 is 0 Å². The second-order valence-corrected chi connectivity index (χ2v) is 12.6. The van der Waals surface area contributed by atoms with Crippen molar-refractivity contribution < 1.29 is 4.42 Å². The van der Waals surface area contributed by atoms with Crippen LogP contribution >= 0.6 is 0 Å². The minimum Gasteiger partial charge on any atom is -0.456 e. The third-order valence-corrected chi connectivity index (χ3v) is 9.66. The van der Waals surface area contributed by atoms with Crippen LogP contribution in [0.5, 0.6) is 0 Å². The summed E-state index contributed by atoms with van der Waals surface area (Å²) < 4.78 is 6.52. The second-order valence-electron chi connectivity index (χ2n) is 12.6. The first-order valence-electron chi connectivity index (χ1n) is 15.6. The summed E-state index contributed by atoms with van der Waals surface area (Å²) in [5, 5.41) is 4.68. The average Bonchev–Trinajstić information content (AvgIpc) is 3.59. The van der Waals surface area contributed by atoms with E-state index in [1.54, 1.807) is 0 Å². The third kappa shape index (κ3) is 3.89. The van der Waals surface area contributed by atoms with Gasteiger partial charge in [0.1, 0.15) is 11.2 Å². The summed E-state index contributed by atoms with van der Waals surface area (Å²) >= 11 is 0. The summed E-state index contributed by atoms with van der Waals surface area (Å²) in [5.41, 5.74) is 12.8. The van der Waals surface area contributed by atoms with Crippen LogP contribution in [0.4, 0.5) is 17.1 Å². The minimum absolute atomic E-state index is 0.102. The van der Waals surface area contributed by atoms with Gasteiger partial charge in [-0.2, -0.15) is 0 Å². The monoisotopic (exact) mass is 577 g/mol. The number of hydrogen-bond donors (Lipinski definition) is 0. The molecule has 2 heteroatoms. The van der Waals surface area contributed by atoms with Crippen molar-refractivity contribution in [3.63, 3.8) is 0 Å². The van der Waals surface area contributed by atoms with Crippen LogP contribution in [0.3, 0.4) is 0 Å². The Morgan fingerprint density at radius 2 is 1.18 bits per heavy atom. The van der Waals surface area contributed by atoms with Crippen molar-refractivity contribution in [3.05, 3.63) is 163 Å². The summed E-state index contributed by atoms with van der Waals surface area (Å²) in [6.45, 7) is 4.69. The summed E-state index contributed by atoms with van der Waals surface area (Å²) in [5.74, 6) is 0. The van der Waals surface area contributed by atoms with Crippen LogP contribution in [0, 0.1) is 0 Å². The maximum absolute atomic E-state index is 6.52. The Kier molecular flexibility index (Phi) is 5.58. The van der Waals surface area contributed by atoms with Gasteiger partial charge in [0.05, 0.1) is 11.1 Å². The first-order valence-corrected chi connectivity index (χ1v) is 15.6. The summed E-state index contributed by atoms with van der Waals surface area (Å²) in [4.78, 5) is 2.41. The maximum Gasteiger partial charge on any atom is 0.137 e. The van der Waals surface area contributed by atoms with Crippen LogP contribution in [0.15, 0.2) is 156 Å². The van der Waals surface area contributed by atoms with E-state index in [2.05, 4.69) is 170 Å². The van der Waals surface area contributed by atoms with E-state index in [4.69, 9.17) is 4.42 Å². The van der Waals surface area contributed by atoms with Crippen LogP contribution in [-0.4, -0.2) is 0 Å². The molecule has 0 unspecified atom stereocenters. The Hall–Kier alpha value is -5.60. The highest BCUT2D eigenvalue weighted by Gasteiger charge is 2.36. The molecule has 1 heterocycles. The summed E-state index contributed by atoms with van der Waals surface area (Å²) in [6.07, 6.45) is 0. The molecule has 0 amide bonds. The fourth-order valence-corrected chi connectivity index (χ4v) is 7.45. The van der Waals surface area contributed by atoms with Gasteiger partial charge in [0.25, 0.3) is 0 Å². The van der Waals surface area contributed by atoms with Gasteiger partial charge in [-0.25, -0.2) is 0 Å². The Labute approximate surface area is 262 Å². The van der Waals surface area contributed by atoms with Gasteiger partial charge in [-0.15, -0.1) is 0 Å². The molecular weight excluding hydrogens is 546 g/mol. The van der Waals surface area contributed by atoms with Gasteiger partial charge in [0.15, 0.2) is 0 Å². The molecule has 0 N–H and O–H groups in total. The SMILES string of the molecule is CC1(C)c2ccccc2-c2ccc(N(c3ccc(-c4ccccc4)cc3)c3cccc4oc5ccc6ccccc6c5c34)cc21. The molecule has 0 saturated carbocycles. The number of hydrogen-bond acceptors (Lipinski definition) is 2. The fourth-order valence-electron chi connectivity index (χ4n) is 7.45. The molecular formula is C43H31NO. The zero-order valence-electron chi connectivity index (χ0n) is 25.3. The molecule has 9 rings (SSSR count). The Morgan fingerprint density at radius 3 is 2.04 bits per heavy atom. The van der Waals surface area contributed by atoms with Crippen molar-refractivity contribution in [3.8, 4) is 22.3 Å². The molecule has 214 valence electrons. The normalized spacial score (nSPS) is 13.3. The van der Waals surface area contributed by atoms with Crippen molar-refractivity contribution >= 4 is 49.8 Å². The lowest BCUT2D eigenvalue weighted by atomic mass is 9.82. The van der Waals surface area contributed by atoms with Gasteiger partial charge < -0.3 is 9.32 Å². The molecule has 1 aliphatic carbocycles. The number of fused-ring (bicyclic) bond motifs is 8. The number of rotatable bonds is 4. The Bertz CT molecular complexity index is 2400. The highest BCUT2D eigenvalue weighted by molar-refractivity contribution is 6.23. The quantitative estimate of drug-likeness (QED) is 0.207. The van der Waals surface area contributed by atoms with E-state index in [9.17, 15) is 0 Å². The van der Waals surface area contributed by atoms with E-state index < -0.39 is 0 Å². The molecule has 0 aliphatic heterocycles. The van der Waals surface area contributed by atoms with Gasteiger partial charge in [-0.1, -0.05) is 123 Å². The smallest absolute Gasteiger partial charge is 0.137 e. The molecule has 0 atom stereocenters. The lowest BCUT2D eigenvalue weighted by Gasteiger charge is -2.29. The molecule has 2 nitrogen and oxygen atoms in total. The molecule has 0 bridgehead atoms. The standard InChI is InChI=1S/C43H31NO/c1-43(2)36-16-9-8-15-34(36)35-25-24-32(27-37(35)43)44(31-22-19-29(20-23-31)28-11-4-3-5-12-28)38-17-10-18-39-42(38)41-33-14-7-6-13-30(33)21-26-40(41)45-39/h3-27H,1-2H3. The molecule has 1 aliphatic rings. The molecule has 1 aromatic heterocycles. The van der Waals surface area contributed by atoms with Crippen molar-refractivity contribution in [2.75, 3.05) is 4.90 Å². The predicted octanol–water partition coefficient (Wildman–Crippen LogP) is 12.2. The second kappa shape index (κ2) is 9.70. The molecule has 45 heavy (non-hydrogen) atoms. The Balaban J connectivity index is 1.31. The minimum atomic E-state index is -0.102. The van der Waals surface area contributed by atoms with Crippen molar-refractivity contribution in [2.45, 2.75) is 19.3 Å². The van der Waals surface area contributed by atoms with Crippen molar-refractivity contribution in [1.29, 1.82) is 0 Å². The lowest BCUT2D eigenvalue weighted by Crippen LogP contribution is -2.16. The third-order valence-electron chi connectivity index (χ3n) is 9.66. The highest BCUT2D eigenvalue weighted by Crippen LogP contribution is 2.51. The van der Waals surface area contributed by atoms with Gasteiger partial charge in [-0.3, -0.25) is 0 Å². The van der Waals surface area contributed by atoms with Gasteiger partial charge in [0, 0.05) is 22.2 Å². The van der Waals surface area contributed by atoms with E-state index in [-0.39, 0.29) is 5.41 Å². The molecule has 0 saturated heterocycles. The van der Waals surface area contributed by atoms with Gasteiger partial charge in [0.2, 0.25) is 0 Å². The van der Waals surface area contributed by atoms with Gasteiger partial charge >= 0.3 is 0 Å². The van der Waals surface area contributed by atoms with Crippen molar-refractivity contribution in [1.82, 2.24) is 0 Å². The van der Waals surface area contributed by atoms with Crippen LogP contribution in [0.2, 0.25) is 0 Å². The molecule has 0 spiro atoms. The Morgan fingerprint density at radius 1 is 0.489 bits per heavy atom. The van der Waals surface area contributed by atoms with E-state index in [1.165, 1.54) is 44.2 Å². The summed E-state index contributed by atoms with van der Waals surface area (Å²) in [6, 6.07) is 54.6. The molecule has 7 aromatic carbocycles. The first kappa shape index (κ1) is 25.9. The van der Waals surface area contributed by atoms with Crippen molar-refractivity contribution in [2.24, 2.45) is 0 Å². The molecule has 8 aromatic rings. The average molecular weight is 578 g/mol. The van der Waals surface area contributed by atoms with E-state index in [0.717, 1.165) is 39.0 Å². The van der Waals surface area contributed by atoms with E-state index in [1.807, 2.05) is 0 Å². The zero-order valence-corrected chi connectivity index (χ0v) is 25.3. The van der Waals surface area contributed by atoms with Crippen LogP contribution in [-0.2, 0) is 5.41 Å². The van der Waals surface area contributed by atoms with Crippen LogP contribution in [0.25, 0.3) is 55.0 Å². The topological polar surface area (TPSA) is 16.4 Å². The lowest BCUT2D eigenvalue weighted by molar-refractivity contribution is 0.660. The number of benzene rings is 7. The zero-order chi connectivity index (χ0) is 30.1. The maximum atomic E-state index is 6.52. The number of nitrogens with zero attached hydrogens (tertiary/aromatic N) is 1. The van der Waals surface area contributed by atoms with E-state index in [0.29, 0.717) is 0 Å². The largest absolute Gasteiger partial charge is 0.456 e.